The summed E-state index contributed by atoms with van der Waals surface area (Å²) in [5.41, 5.74) is 7.09. The van der Waals surface area contributed by atoms with E-state index in [0.717, 1.165) is 16.6 Å². The van der Waals surface area contributed by atoms with Gasteiger partial charge in [-0.1, -0.05) is 36.4 Å². The Bertz CT molecular complexity index is 1190. The van der Waals surface area contributed by atoms with Crippen LogP contribution in [0.2, 0.25) is 0 Å². The number of amides is 2. The molecule has 2 N–H and O–H groups in total. The second-order valence-electron chi connectivity index (χ2n) is 6.41. The summed E-state index contributed by atoms with van der Waals surface area (Å²) < 4.78 is 8.66. The molecule has 0 fully saturated rings. The maximum atomic E-state index is 12.6. The van der Waals surface area contributed by atoms with Crippen LogP contribution in [0.3, 0.4) is 0 Å². The maximum Gasteiger partial charge on any atom is 0.294 e. The van der Waals surface area contributed by atoms with Gasteiger partial charge in [-0.15, -0.1) is 0 Å². The average Bonchev–Trinajstić information content (AvgIpc) is 3.34. The number of hydrogen-bond donors (Lipinski definition) is 2. The van der Waals surface area contributed by atoms with Crippen molar-refractivity contribution in [2.75, 3.05) is 7.11 Å². The van der Waals surface area contributed by atoms with Crippen molar-refractivity contribution in [2.24, 2.45) is 7.05 Å². The number of aryl methyl sites for hydroxylation is 1. The van der Waals surface area contributed by atoms with E-state index in [1.54, 1.807) is 17.1 Å². The first-order chi connectivity index (χ1) is 14.1. The Morgan fingerprint density at radius 2 is 1.62 bits per heavy atom. The van der Waals surface area contributed by atoms with Gasteiger partial charge >= 0.3 is 0 Å². The van der Waals surface area contributed by atoms with E-state index in [1.165, 1.54) is 7.11 Å². The Kier molecular flexibility index (Phi) is 4.74. The highest BCUT2D eigenvalue weighted by atomic mass is 16.5. The normalized spacial score (nSPS) is 10.7. The summed E-state index contributed by atoms with van der Waals surface area (Å²) in [5, 5.41) is 5.08. The number of nitrogens with zero attached hydrogens (tertiary/aromatic N) is 3. The molecule has 0 bridgehead atoms. The molecule has 2 aromatic carbocycles. The first kappa shape index (κ1) is 18.3. The molecule has 0 saturated heterocycles. The van der Waals surface area contributed by atoms with Crippen LogP contribution < -0.4 is 15.6 Å². The summed E-state index contributed by atoms with van der Waals surface area (Å²) in [6, 6.07) is 16.9. The molecular weight excluding hydrogens is 370 g/mol. The van der Waals surface area contributed by atoms with Gasteiger partial charge in [0.15, 0.2) is 11.4 Å². The molecule has 0 saturated carbocycles. The highest BCUT2D eigenvalue weighted by Crippen LogP contribution is 2.21. The third-order valence-electron chi connectivity index (χ3n) is 4.57. The summed E-state index contributed by atoms with van der Waals surface area (Å²) in [5.74, 6) is -0.701. The first-order valence-corrected chi connectivity index (χ1v) is 8.92. The third kappa shape index (κ3) is 3.43. The molecule has 4 rings (SSSR count). The molecule has 0 aliphatic carbocycles. The van der Waals surface area contributed by atoms with Gasteiger partial charge in [0.05, 0.1) is 24.6 Å². The molecule has 0 aliphatic rings. The molecule has 2 amide bonds. The van der Waals surface area contributed by atoms with Crippen molar-refractivity contribution < 1.29 is 14.3 Å². The topological polar surface area (TPSA) is 90.2 Å². The van der Waals surface area contributed by atoms with Crippen molar-refractivity contribution in [1.82, 2.24) is 25.2 Å². The molecule has 8 heteroatoms. The standard InChI is InChI=1S/C21H19N5O3/c1-25-12-16(15-10-6-7-11-17(15)25)20(27)22-23-21(28)19-18(29-2)13-26(24-19)14-8-4-3-5-9-14/h3-13H,1-2H3,(H,22,27)(H,23,28). The van der Waals surface area contributed by atoms with E-state index in [2.05, 4.69) is 16.0 Å². The van der Waals surface area contributed by atoms with Gasteiger partial charge in [-0.05, 0) is 18.2 Å². The monoisotopic (exact) mass is 389 g/mol. The number of carbonyl (C=O) groups is 2. The minimum Gasteiger partial charge on any atom is -0.493 e. The molecule has 2 heterocycles. The lowest BCUT2D eigenvalue weighted by Gasteiger charge is -2.06. The van der Waals surface area contributed by atoms with Crippen molar-refractivity contribution >= 4 is 22.7 Å². The number of ether oxygens (including phenoxy) is 1. The van der Waals surface area contributed by atoms with Crippen LogP contribution in [0.4, 0.5) is 0 Å². The quantitative estimate of drug-likeness (QED) is 0.525. The van der Waals surface area contributed by atoms with E-state index in [0.29, 0.717) is 11.3 Å². The molecule has 0 radical (unpaired) electrons. The van der Waals surface area contributed by atoms with Crippen LogP contribution in [0, 0.1) is 0 Å². The maximum absolute atomic E-state index is 12.6. The number of rotatable bonds is 4. The first-order valence-electron chi connectivity index (χ1n) is 8.92. The Morgan fingerprint density at radius 1 is 0.931 bits per heavy atom. The number of methoxy groups -OCH3 is 1. The lowest BCUT2D eigenvalue weighted by Crippen LogP contribution is -2.41. The van der Waals surface area contributed by atoms with Crippen molar-refractivity contribution in [3.05, 3.63) is 78.2 Å². The SMILES string of the molecule is COc1cn(-c2ccccc2)nc1C(=O)NNC(=O)c1cn(C)c2ccccc12. The van der Waals surface area contributed by atoms with Crippen LogP contribution >= 0.6 is 0 Å². The molecule has 146 valence electrons. The smallest absolute Gasteiger partial charge is 0.294 e. The molecular formula is C21H19N5O3. The van der Waals surface area contributed by atoms with Crippen LogP contribution in [0.1, 0.15) is 20.8 Å². The number of aromatic nitrogens is 3. The predicted molar refractivity (Wildman–Crippen MR) is 108 cm³/mol. The lowest BCUT2D eigenvalue weighted by molar-refractivity contribution is 0.0842. The van der Waals surface area contributed by atoms with E-state index in [-0.39, 0.29) is 5.69 Å². The summed E-state index contributed by atoms with van der Waals surface area (Å²) in [7, 11) is 3.32. The summed E-state index contributed by atoms with van der Waals surface area (Å²) in [4.78, 5) is 25.2. The number of fused-ring (bicyclic) bond motifs is 1. The molecule has 0 spiro atoms. The van der Waals surface area contributed by atoms with Crippen LogP contribution in [0.15, 0.2) is 67.0 Å². The molecule has 8 nitrogen and oxygen atoms in total. The van der Waals surface area contributed by atoms with E-state index >= 15 is 0 Å². The Hall–Kier alpha value is -4.07. The number of benzene rings is 2. The zero-order valence-electron chi connectivity index (χ0n) is 15.9. The Labute approximate surface area is 166 Å². The number of hydrazine groups is 1. The molecule has 4 aromatic rings. The van der Waals surface area contributed by atoms with Gasteiger partial charge < -0.3 is 9.30 Å². The van der Waals surface area contributed by atoms with E-state index in [1.807, 2.05) is 66.2 Å². The van der Waals surface area contributed by atoms with Gasteiger partial charge in [0.1, 0.15) is 0 Å². The minimum absolute atomic E-state index is 0.0644. The summed E-state index contributed by atoms with van der Waals surface area (Å²) in [6.45, 7) is 0. The van der Waals surface area contributed by atoms with Gasteiger partial charge in [-0.3, -0.25) is 20.4 Å². The average molecular weight is 389 g/mol. The largest absolute Gasteiger partial charge is 0.493 e. The fraction of sp³-hybridized carbons (Fsp3) is 0.0952. The fourth-order valence-corrected chi connectivity index (χ4v) is 3.14. The van der Waals surface area contributed by atoms with Crippen molar-refractivity contribution in [1.29, 1.82) is 0 Å². The van der Waals surface area contributed by atoms with Crippen LogP contribution in [-0.2, 0) is 7.05 Å². The van der Waals surface area contributed by atoms with E-state index in [9.17, 15) is 9.59 Å². The lowest BCUT2D eigenvalue weighted by atomic mass is 10.2. The van der Waals surface area contributed by atoms with Crippen molar-refractivity contribution in [3.8, 4) is 11.4 Å². The van der Waals surface area contributed by atoms with Crippen molar-refractivity contribution in [3.63, 3.8) is 0 Å². The fourth-order valence-electron chi connectivity index (χ4n) is 3.14. The molecule has 29 heavy (non-hydrogen) atoms. The molecule has 2 aromatic heterocycles. The highest BCUT2D eigenvalue weighted by molar-refractivity contribution is 6.08. The predicted octanol–water partition coefficient (Wildman–Crippen LogP) is 2.45. The van der Waals surface area contributed by atoms with Gasteiger partial charge in [-0.25, -0.2) is 4.68 Å². The number of nitrogens with one attached hydrogen (secondary N) is 2. The van der Waals surface area contributed by atoms with E-state index < -0.39 is 11.8 Å². The zero-order valence-corrected chi connectivity index (χ0v) is 15.9. The van der Waals surface area contributed by atoms with Gasteiger partial charge in [0.25, 0.3) is 11.8 Å². The number of para-hydroxylation sites is 2. The number of carbonyl (C=O) groups excluding carboxylic acids is 2. The molecule has 0 atom stereocenters. The van der Waals surface area contributed by atoms with Gasteiger partial charge in [0, 0.05) is 24.1 Å². The van der Waals surface area contributed by atoms with Crippen LogP contribution in [0.25, 0.3) is 16.6 Å². The van der Waals surface area contributed by atoms with Gasteiger partial charge in [-0.2, -0.15) is 5.10 Å². The van der Waals surface area contributed by atoms with Crippen molar-refractivity contribution in [2.45, 2.75) is 0 Å². The molecule has 0 unspecified atom stereocenters. The highest BCUT2D eigenvalue weighted by Gasteiger charge is 2.20. The van der Waals surface area contributed by atoms with Gasteiger partial charge in [0.2, 0.25) is 0 Å². The minimum atomic E-state index is -0.579. The zero-order chi connectivity index (χ0) is 20.4. The van der Waals surface area contributed by atoms with E-state index in [4.69, 9.17) is 4.74 Å². The second-order valence-corrected chi connectivity index (χ2v) is 6.41. The Morgan fingerprint density at radius 3 is 2.38 bits per heavy atom. The molecule has 0 aliphatic heterocycles. The summed E-state index contributed by atoms with van der Waals surface area (Å²) in [6.07, 6.45) is 3.33. The third-order valence-corrected chi connectivity index (χ3v) is 4.57. The van der Waals surface area contributed by atoms with Crippen LogP contribution in [0.5, 0.6) is 5.75 Å². The number of hydrogen-bond acceptors (Lipinski definition) is 4. The Balaban J connectivity index is 1.52. The van der Waals surface area contributed by atoms with Crippen LogP contribution in [-0.4, -0.2) is 33.3 Å². The second kappa shape index (κ2) is 7.51. The summed E-state index contributed by atoms with van der Waals surface area (Å²) >= 11 is 0.